The Morgan fingerprint density at radius 3 is 2.57 bits per heavy atom. The van der Waals surface area contributed by atoms with E-state index in [0.29, 0.717) is 12.4 Å². The third-order valence-corrected chi connectivity index (χ3v) is 4.35. The van der Waals surface area contributed by atoms with Gasteiger partial charge in [0.05, 0.1) is 6.54 Å². The number of aromatic nitrogens is 3. The molecule has 0 fully saturated rings. The van der Waals surface area contributed by atoms with Crippen molar-refractivity contribution in [3.63, 3.8) is 0 Å². The van der Waals surface area contributed by atoms with Gasteiger partial charge in [-0.3, -0.25) is 0 Å². The Kier molecular flexibility index (Phi) is 4.46. The summed E-state index contributed by atoms with van der Waals surface area (Å²) in [5, 5.41) is 4.39. The lowest BCUT2D eigenvalue weighted by Crippen LogP contribution is -2.19. The van der Waals surface area contributed by atoms with E-state index >= 15 is 0 Å². The Morgan fingerprint density at radius 2 is 2.00 bits per heavy atom. The molecule has 21 heavy (non-hydrogen) atoms. The highest BCUT2D eigenvalue weighted by molar-refractivity contribution is 7.11. The number of thiazole rings is 1. The van der Waals surface area contributed by atoms with Gasteiger partial charge >= 0.3 is 0 Å². The summed E-state index contributed by atoms with van der Waals surface area (Å²) < 4.78 is 0. The summed E-state index contributed by atoms with van der Waals surface area (Å²) in [7, 11) is 0. The maximum Gasteiger partial charge on any atom is 0.138 e. The summed E-state index contributed by atoms with van der Waals surface area (Å²) in [5.41, 5.74) is 6.76. The zero-order chi connectivity index (χ0) is 15.6. The lowest BCUT2D eigenvalue weighted by atomic mass is 9.95. The molecule has 0 saturated carbocycles. The van der Waals surface area contributed by atoms with Gasteiger partial charge in [-0.25, -0.2) is 15.0 Å². The zero-order valence-electron chi connectivity index (χ0n) is 13.3. The molecular formula is C15H23N5S. The molecule has 2 aromatic heterocycles. The van der Waals surface area contributed by atoms with E-state index in [2.05, 4.69) is 48.0 Å². The highest BCUT2D eigenvalue weighted by Gasteiger charge is 2.20. The van der Waals surface area contributed by atoms with E-state index in [1.54, 1.807) is 11.3 Å². The van der Waals surface area contributed by atoms with Crippen LogP contribution in [-0.2, 0) is 18.4 Å². The summed E-state index contributed by atoms with van der Waals surface area (Å²) in [5.74, 6) is 2.08. The Morgan fingerprint density at radius 1 is 1.29 bits per heavy atom. The lowest BCUT2D eigenvalue weighted by Gasteiger charge is -2.19. The number of aryl methyl sites for hydroxylation is 1. The molecule has 2 heterocycles. The molecule has 0 spiro atoms. The second-order valence-electron chi connectivity index (χ2n) is 6.08. The molecule has 0 atom stereocenters. The topological polar surface area (TPSA) is 76.7 Å². The summed E-state index contributed by atoms with van der Waals surface area (Å²) in [6, 6.07) is 0. The maximum absolute atomic E-state index is 6.01. The van der Waals surface area contributed by atoms with Crippen molar-refractivity contribution in [1.29, 1.82) is 0 Å². The molecule has 5 nitrogen and oxygen atoms in total. The van der Waals surface area contributed by atoms with E-state index in [9.17, 15) is 0 Å². The quantitative estimate of drug-likeness (QED) is 0.906. The third-order valence-electron chi connectivity index (χ3n) is 3.21. The van der Waals surface area contributed by atoms with E-state index in [1.807, 2.05) is 13.1 Å². The monoisotopic (exact) mass is 305 g/mol. The van der Waals surface area contributed by atoms with Crippen LogP contribution in [0.3, 0.4) is 0 Å². The van der Waals surface area contributed by atoms with Crippen LogP contribution in [0.15, 0.2) is 6.20 Å². The van der Waals surface area contributed by atoms with Gasteiger partial charge in [0.25, 0.3) is 0 Å². The fraction of sp³-hybridized carbons (Fsp3) is 0.533. The smallest absolute Gasteiger partial charge is 0.138 e. The molecule has 3 N–H and O–H groups in total. The van der Waals surface area contributed by atoms with Crippen LogP contribution in [0.5, 0.6) is 0 Å². The molecule has 114 valence electrons. The Bertz CT molecular complexity index is 627. The number of rotatable bonds is 4. The van der Waals surface area contributed by atoms with Crippen LogP contribution in [0.2, 0.25) is 0 Å². The van der Waals surface area contributed by atoms with Crippen LogP contribution in [0, 0.1) is 6.92 Å². The molecule has 0 bridgehead atoms. The molecule has 0 amide bonds. The van der Waals surface area contributed by atoms with Crippen LogP contribution in [0.4, 0.5) is 11.6 Å². The van der Waals surface area contributed by atoms with Gasteiger partial charge in [0.1, 0.15) is 22.5 Å². The highest BCUT2D eigenvalue weighted by Crippen LogP contribution is 2.25. The molecular weight excluding hydrogens is 282 g/mol. The van der Waals surface area contributed by atoms with Gasteiger partial charge in [-0.15, -0.1) is 11.3 Å². The van der Waals surface area contributed by atoms with E-state index in [-0.39, 0.29) is 5.41 Å². The van der Waals surface area contributed by atoms with Crippen LogP contribution in [-0.4, -0.2) is 15.0 Å². The van der Waals surface area contributed by atoms with Crippen molar-refractivity contribution in [2.45, 2.75) is 53.0 Å². The third kappa shape index (κ3) is 3.69. The first kappa shape index (κ1) is 15.7. The predicted octanol–water partition coefficient (Wildman–Crippen LogP) is 3.30. The Labute approximate surface area is 130 Å². The molecule has 6 heteroatoms. The minimum Gasteiger partial charge on any atom is -0.383 e. The van der Waals surface area contributed by atoms with Gasteiger partial charge in [-0.1, -0.05) is 27.7 Å². The molecule has 0 aliphatic rings. The Hall–Kier alpha value is -1.69. The van der Waals surface area contributed by atoms with Crippen LogP contribution < -0.4 is 11.1 Å². The first-order valence-corrected chi connectivity index (χ1v) is 7.95. The van der Waals surface area contributed by atoms with Crippen molar-refractivity contribution in [2.24, 2.45) is 0 Å². The van der Waals surface area contributed by atoms with Crippen molar-refractivity contribution in [2.75, 3.05) is 11.1 Å². The van der Waals surface area contributed by atoms with Gasteiger partial charge in [0, 0.05) is 22.1 Å². The molecule has 0 aliphatic heterocycles. The first-order valence-electron chi connectivity index (χ1n) is 7.13. The van der Waals surface area contributed by atoms with Crippen molar-refractivity contribution in [1.82, 2.24) is 15.0 Å². The number of nitrogen functional groups attached to an aromatic ring is 1. The first-order chi connectivity index (χ1) is 9.81. The molecule has 0 radical (unpaired) electrons. The van der Waals surface area contributed by atoms with E-state index in [0.717, 1.165) is 28.6 Å². The second kappa shape index (κ2) is 5.97. The number of nitrogens with two attached hydrogens (primary N) is 1. The van der Waals surface area contributed by atoms with Gasteiger partial charge in [0.15, 0.2) is 0 Å². The maximum atomic E-state index is 6.01. The normalized spacial score (nSPS) is 11.7. The molecule has 0 unspecified atom stereocenters. The van der Waals surface area contributed by atoms with Crippen LogP contribution in [0.25, 0.3) is 0 Å². The van der Waals surface area contributed by atoms with Crippen molar-refractivity contribution >= 4 is 23.0 Å². The summed E-state index contributed by atoms with van der Waals surface area (Å²) in [6.45, 7) is 11.0. The van der Waals surface area contributed by atoms with Gasteiger partial charge in [-0.2, -0.15) is 0 Å². The minimum absolute atomic E-state index is 0.130. The number of anilines is 2. The van der Waals surface area contributed by atoms with Crippen molar-refractivity contribution in [3.05, 3.63) is 27.5 Å². The van der Waals surface area contributed by atoms with Crippen LogP contribution in [0.1, 0.15) is 49.0 Å². The highest BCUT2D eigenvalue weighted by atomic mass is 32.1. The molecule has 2 aromatic rings. The molecule has 0 saturated heterocycles. The zero-order valence-corrected chi connectivity index (χ0v) is 14.1. The number of nitrogens with one attached hydrogen (secondary N) is 1. The fourth-order valence-corrected chi connectivity index (χ4v) is 2.60. The van der Waals surface area contributed by atoms with Gasteiger partial charge in [-0.05, 0) is 13.3 Å². The Balaban J connectivity index is 2.21. The van der Waals surface area contributed by atoms with E-state index < -0.39 is 0 Å². The van der Waals surface area contributed by atoms with Crippen molar-refractivity contribution in [3.8, 4) is 0 Å². The number of nitrogens with zero attached hydrogens (tertiary/aromatic N) is 3. The average Bonchev–Trinajstić information content (AvgIpc) is 2.87. The fourth-order valence-electron chi connectivity index (χ4n) is 1.79. The van der Waals surface area contributed by atoms with Gasteiger partial charge in [0.2, 0.25) is 0 Å². The molecule has 0 aromatic carbocycles. The summed E-state index contributed by atoms with van der Waals surface area (Å²) in [6.07, 6.45) is 2.95. The number of hydrogen-bond donors (Lipinski definition) is 2. The van der Waals surface area contributed by atoms with Crippen LogP contribution >= 0.6 is 11.3 Å². The minimum atomic E-state index is -0.130. The number of hydrogen-bond acceptors (Lipinski definition) is 6. The van der Waals surface area contributed by atoms with E-state index in [4.69, 9.17) is 5.73 Å². The SMILES string of the molecule is CCc1cnc(CNc2nc(C(C)(C)C)nc(N)c2C)s1. The molecule has 0 aliphatic carbocycles. The second-order valence-corrected chi connectivity index (χ2v) is 7.28. The van der Waals surface area contributed by atoms with Gasteiger partial charge < -0.3 is 11.1 Å². The summed E-state index contributed by atoms with van der Waals surface area (Å²) in [4.78, 5) is 14.7. The lowest BCUT2D eigenvalue weighted by molar-refractivity contribution is 0.546. The van der Waals surface area contributed by atoms with Crippen molar-refractivity contribution < 1.29 is 0 Å². The largest absolute Gasteiger partial charge is 0.383 e. The summed E-state index contributed by atoms with van der Waals surface area (Å²) >= 11 is 1.72. The standard InChI is InChI=1S/C15H23N5S/c1-6-10-7-17-11(21-10)8-18-13-9(2)12(16)19-14(20-13)15(3,4)5/h7H,6,8H2,1-5H3,(H3,16,18,19,20). The average molecular weight is 305 g/mol. The van der Waals surface area contributed by atoms with E-state index in [1.165, 1.54) is 4.88 Å². The molecule has 2 rings (SSSR count). The predicted molar refractivity (Wildman–Crippen MR) is 88.7 cm³/mol.